The van der Waals surface area contributed by atoms with Gasteiger partial charge >= 0.3 is 0 Å². The molecule has 1 atom stereocenters. The number of H-pyrrole nitrogens is 1. The summed E-state index contributed by atoms with van der Waals surface area (Å²) in [5, 5.41) is 1.88. The van der Waals surface area contributed by atoms with Crippen molar-refractivity contribution in [2.75, 3.05) is 27.2 Å². The second-order valence-corrected chi connectivity index (χ2v) is 11.8. The zero-order chi connectivity index (χ0) is 27.9. The lowest BCUT2D eigenvalue weighted by Gasteiger charge is -2.51. The second-order valence-electron chi connectivity index (χ2n) is 11.4. The first-order chi connectivity index (χ1) is 19.4. The molecule has 1 spiro atoms. The molecule has 4 aromatic rings. The molecule has 0 radical (unpaired) electrons. The average Bonchev–Trinajstić information content (AvgIpc) is 3.35. The van der Waals surface area contributed by atoms with Crippen LogP contribution in [0.1, 0.15) is 48.5 Å². The molecule has 1 amide bonds. The number of aromatic nitrogens is 1. The molecule has 1 fully saturated rings. The number of nitrogens with one attached hydrogen (secondary N) is 1. The van der Waals surface area contributed by atoms with Crippen LogP contribution in [0.5, 0.6) is 5.75 Å². The van der Waals surface area contributed by atoms with Crippen molar-refractivity contribution in [2.24, 2.45) is 5.92 Å². The van der Waals surface area contributed by atoms with E-state index in [0.29, 0.717) is 23.2 Å². The third-order valence-corrected chi connectivity index (χ3v) is 9.18. The Hall–Kier alpha value is -3.35. The van der Waals surface area contributed by atoms with Crippen molar-refractivity contribution in [3.05, 3.63) is 100 Å². The van der Waals surface area contributed by atoms with Crippen molar-refractivity contribution < 1.29 is 13.9 Å². The fourth-order valence-corrected chi connectivity index (χ4v) is 7.28. The molecule has 7 heteroatoms. The number of ether oxygens (including phenoxy) is 1. The summed E-state index contributed by atoms with van der Waals surface area (Å²) < 4.78 is 19.6. The predicted octanol–water partition coefficient (Wildman–Crippen LogP) is 7.11. The maximum atomic E-state index is 13.8. The van der Waals surface area contributed by atoms with E-state index in [0.717, 1.165) is 43.2 Å². The fourth-order valence-electron chi connectivity index (χ4n) is 7.15. The van der Waals surface area contributed by atoms with Crippen molar-refractivity contribution in [1.29, 1.82) is 0 Å². The van der Waals surface area contributed by atoms with Gasteiger partial charge in [-0.3, -0.25) is 4.79 Å². The number of halogens is 2. The van der Waals surface area contributed by atoms with Crippen molar-refractivity contribution >= 4 is 28.4 Å². The Morgan fingerprint density at radius 1 is 1.07 bits per heavy atom. The molecular weight excluding hydrogens is 525 g/mol. The third-order valence-electron chi connectivity index (χ3n) is 8.93. The van der Waals surface area contributed by atoms with Gasteiger partial charge in [-0.2, -0.15) is 0 Å². The highest BCUT2D eigenvalue weighted by Crippen LogP contribution is 2.51. The van der Waals surface area contributed by atoms with Gasteiger partial charge < -0.3 is 19.5 Å². The Bertz CT molecular complexity index is 1490. The van der Waals surface area contributed by atoms with Crippen LogP contribution in [0.4, 0.5) is 4.39 Å². The molecule has 5 nitrogen and oxygen atoms in total. The molecule has 6 rings (SSSR count). The molecule has 1 N–H and O–H groups in total. The number of carbonyl (C=O) groups excluding carboxylic acids is 1. The van der Waals surface area contributed by atoms with E-state index in [1.54, 1.807) is 36.4 Å². The smallest absolute Gasteiger partial charge is 0.261 e. The number of amides is 1. The Kier molecular flexibility index (Phi) is 7.32. The van der Waals surface area contributed by atoms with E-state index in [1.807, 2.05) is 12.1 Å². The summed E-state index contributed by atoms with van der Waals surface area (Å²) >= 11 is 6.02. The number of benzene rings is 3. The van der Waals surface area contributed by atoms with Crippen molar-refractivity contribution in [3.8, 4) is 5.75 Å². The summed E-state index contributed by atoms with van der Waals surface area (Å²) in [4.78, 5) is 21.9. The lowest BCUT2D eigenvalue weighted by Crippen LogP contribution is -2.56. The van der Waals surface area contributed by atoms with Crippen molar-refractivity contribution in [1.82, 2.24) is 14.8 Å². The van der Waals surface area contributed by atoms with Gasteiger partial charge in [0.2, 0.25) is 0 Å². The van der Waals surface area contributed by atoms with Crippen LogP contribution < -0.4 is 4.74 Å². The zero-order valence-corrected chi connectivity index (χ0v) is 23.8. The minimum absolute atomic E-state index is 0.000371. The van der Waals surface area contributed by atoms with Gasteiger partial charge in [0.05, 0.1) is 5.54 Å². The number of para-hydroxylation sites is 1. The molecule has 208 valence electrons. The van der Waals surface area contributed by atoms with Gasteiger partial charge in [-0.1, -0.05) is 41.9 Å². The van der Waals surface area contributed by atoms with E-state index >= 15 is 0 Å². The van der Waals surface area contributed by atoms with E-state index in [4.69, 9.17) is 16.3 Å². The number of nitrogens with zero attached hydrogens (tertiary/aromatic N) is 2. The minimum atomic E-state index is -0.413. The van der Waals surface area contributed by atoms with Gasteiger partial charge in [-0.15, -0.1) is 0 Å². The van der Waals surface area contributed by atoms with Crippen LogP contribution in [0.3, 0.4) is 0 Å². The van der Waals surface area contributed by atoms with E-state index < -0.39 is 5.54 Å². The topological polar surface area (TPSA) is 48.6 Å². The first-order valence-corrected chi connectivity index (χ1v) is 14.4. The molecule has 0 saturated heterocycles. The van der Waals surface area contributed by atoms with Gasteiger partial charge in [-0.05, 0) is 106 Å². The number of hydrogen-bond donors (Lipinski definition) is 1. The molecule has 0 bridgehead atoms. The molecule has 40 heavy (non-hydrogen) atoms. The Labute approximate surface area is 239 Å². The van der Waals surface area contributed by atoms with Gasteiger partial charge in [-0.25, -0.2) is 4.39 Å². The average molecular weight is 560 g/mol. The normalized spacial score (nSPS) is 21.5. The standard InChI is InChI=1S/C33H35ClFN3O2/c1-37(2)31(22-7-11-25(35)12-8-22)23-15-18-33(19-16-23)32-28(27-5-3-4-6-29(27)36-32)17-20-38(33)30(39)21-40-26-13-9-24(34)10-14-26/h3-14,23,31,36H,15-21H2,1-2H3. The third kappa shape index (κ3) is 4.88. The number of hydrogen-bond acceptors (Lipinski definition) is 3. The number of aromatic amines is 1. The summed E-state index contributed by atoms with van der Waals surface area (Å²) in [5.41, 5.74) is 4.36. The van der Waals surface area contributed by atoms with Crippen LogP contribution in [0.15, 0.2) is 72.8 Å². The molecule has 1 aliphatic carbocycles. The number of carbonyl (C=O) groups is 1. The lowest BCUT2D eigenvalue weighted by atomic mass is 9.68. The monoisotopic (exact) mass is 559 g/mol. The largest absolute Gasteiger partial charge is 0.484 e. The quantitative estimate of drug-likeness (QED) is 0.274. The molecule has 2 heterocycles. The molecule has 1 saturated carbocycles. The fraction of sp³-hybridized carbons (Fsp3) is 0.364. The van der Waals surface area contributed by atoms with E-state index in [-0.39, 0.29) is 24.4 Å². The zero-order valence-electron chi connectivity index (χ0n) is 23.0. The summed E-state index contributed by atoms with van der Waals surface area (Å²) in [7, 11) is 4.19. The van der Waals surface area contributed by atoms with Crippen LogP contribution in [-0.4, -0.2) is 47.9 Å². The Morgan fingerprint density at radius 2 is 1.77 bits per heavy atom. The highest BCUT2D eigenvalue weighted by atomic mass is 35.5. The van der Waals surface area contributed by atoms with Gasteiger partial charge in [0.15, 0.2) is 6.61 Å². The molecule has 2 aliphatic rings. The SMILES string of the molecule is CN(C)C(c1ccc(F)cc1)C1CCC2(CC1)c1[nH]c3ccccc3c1CCN2C(=O)COc1ccc(Cl)cc1. The minimum Gasteiger partial charge on any atom is -0.484 e. The van der Waals surface area contributed by atoms with Crippen LogP contribution >= 0.6 is 11.6 Å². The maximum Gasteiger partial charge on any atom is 0.261 e. The lowest BCUT2D eigenvalue weighted by molar-refractivity contribution is -0.144. The van der Waals surface area contributed by atoms with Crippen molar-refractivity contribution in [3.63, 3.8) is 0 Å². The molecule has 3 aromatic carbocycles. The second kappa shape index (κ2) is 10.9. The Morgan fingerprint density at radius 3 is 2.48 bits per heavy atom. The molecule has 1 aliphatic heterocycles. The first kappa shape index (κ1) is 26.9. The van der Waals surface area contributed by atoms with E-state index in [2.05, 4.69) is 53.1 Å². The van der Waals surface area contributed by atoms with E-state index in [1.165, 1.54) is 16.6 Å². The van der Waals surface area contributed by atoms with Crippen LogP contribution in [-0.2, 0) is 16.8 Å². The predicted molar refractivity (Wildman–Crippen MR) is 157 cm³/mol. The summed E-state index contributed by atoms with van der Waals surface area (Å²) in [5.74, 6) is 0.808. The summed E-state index contributed by atoms with van der Waals surface area (Å²) in [6, 6.07) is 22.7. The summed E-state index contributed by atoms with van der Waals surface area (Å²) in [6.45, 7) is 0.648. The van der Waals surface area contributed by atoms with Crippen LogP contribution in [0.2, 0.25) is 5.02 Å². The highest BCUT2D eigenvalue weighted by Gasteiger charge is 2.49. The molecular formula is C33H35ClFN3O2. The molecule has 1 unspecified atom stereocenters. The number of rotatable bonds is 6. The van der Waals surface area contributed by atoms with Gasteiger partial charge in [0.25, 0.3) is 5.91 Å². The summed E-state index contributed by atoms with van der Waals surface area (Å²) in [6.07, 6.45) is 4.44. The molecule has 1 aromatic heterocycles. The first-order valence-electron chi connectivity index (χ1n) is 14.1. The van der Waals surface area contributed by atoms with Crippen LogP contribution in [0.25, 0.3) is 10.9 Å². The maximum absolute atomic E-state index is 13.8. The Balaban J connectivity index is 1.30. The van der Waals surface area contributed by atoms with E-state index in [9.17, 15) is 9.18 Å². The number of fused-ring (bicyclic) bond motifs is 4. The van der Waals surface area contributed by atoms with Gasteiger partial charge in [0, 0.05) is 34.2 Å². The van der Waals surface area contributed by atoms with Gasteiger partial charge in [0.1, 0.15) is 11.6 Å². The van der Waals surface area contributed by atoms with Crippen molar-refractivity contribution in [2.45, 2.75) is 43.7 Å². The van der Waals surface area contributed by atoms with Crippen LogP contribution in [0, 0.1) is 11.7 Å². The highest BCUT2D eigenvalue weighted by molar-refractivity contribution is 6.30.